The molecule has 1 aliphatic heterocycles. The van der Waals surface area contributed by atoms with Crippen LogP contribution in [0.1, 0.15) is 19.3 Å². The van der Waals surface area contributed by atoms with Crippen molar-refractivity contribution in [2.75, 3.05) is 126 Å². The number of hydrogen-bond donors (Lipinski definition) is 2. The number of likely N-dealkylation sites (tertiary alicyclic amines) is 1. The number of amides is 2. The Morgan fingerprint density at radius 3 is 1.34 bits per heavy atom. The highest BCUT2D eigenvalue weighted by Crippen LogP contribution is 2.17. The van der Waals surface area contributed by atoms with E-state index in [1.54, 1.807) is 4.90 Å². The van der Waals surface area contributed by atoms with Gasteiger partial charge in [0.1, 0.15) is 6.04 Å². The van der Waals surface area contributed by atoms with Gasteiger partial charge in [-0.25, -0.2) is 5.26 Å². The molecule has 0 saturated carbocycles. The van der Waals surface area contributed by atoms with Crippen molar-refractivity contribution in [3.63, 3.8) is 0 Å². The standard InChI is InChI=1S/C25H48N2O14/c26-25(29)23-2-1-4-27(23)24(28)3-5-31-6-7-32-8-9-33-10-11-34-12-13-35-14-15-36-16-17-37-18-19-38-20-21-39-22-40-41-30/h23,30H,1-22H2,(H2,26,29). The van der Waals surface area contributed by atoms with Gasteiger partial charge in [-0.15, -0.1) is 0 Å². The molecule has 0 spiro atoms. The fourth-order valence-electron chi connectivity index (χ4n) is 3.54. The average Bonchev–Trinajstić information content (AvgIpc) is 3.47. The molecule has 1 unspecified atom stereocenters. The number of carbonyl (C=O) groups excluding carboxylic acids is 2. The van der Waals surface area contributed by atoms with E-state index in [0.717, 1.165) is 6.42 Å². The Morgan fingerprint density at radius 1 is 0.610 bits per heavy atom. The lowest BCUT2D eigenvalue weighted by atomic mass is 10.2. The monoisotopic (exact) mass is 600 g/mol. The predicted octanol–water partition coefficient (Wildman–Crippen LogP) is -0.619. The van der Waals surface area contributed by atoms with Crippen LogP contribution in [0, 0.1) is 0 Å². The Labute approximate surface area is 241 Å². The predicted molar refractivity (Wildman–Crippen MR) is 141 cm³/mol. The third-order valence-corrected chi connectivity index (χ3v) is 5.52. The molecule has 3 N–H and O–H groups in total. The van der Waals surface area contributed by atoms with Gasteiger partial charge >= 0.3 is 0 Å². The molecule has 1 rings (SSSR count). The molecule has 1 fully saturated rings. The van der Waals surface area contributed by atoms with Crippen LogP contribution in [0.4, 0.5) is 0 Å². The van der Waals surface area contributed by atoms with Crippen molar-refractivity contribution in [2.24, 2.45) is 5.73 Å². The highest BCUT2D eigenvalue weighted by atomic mass is 17.5. The minimum Gasteiger partial charge on any atom is -0.379 e. The maximum Gasteiger partial charge on any atom is 0.240 e. The zero-order chi connectivity index (χ0) is 29.6. The summed E-state index contributed by atoms with van der Waals surface area (Å²) in [5.41, 5.74) is 5.33. The van der Waals surface area contributed by atoms with Crippen molar-refractivity contribution in [3.8, 4) is 0 Å². The van der Waals surface area contributed by atoms with Crippen LogP contribution in [0.25, 0.3) is 0 Å². The summed E-state index contributed by atoms with van der Waals surface area (Å²) in [6.45, 7) is 7.66. The molecule has 1 atom stereocenters. The Balaban J connectivity index is 1.68. The zero-order valence-electron chi connectivity index (χ0n) is 23.9. The molecule has 1 saturated heterocycles. The van der Waals surface area contributed by atoms with Gasteiger partial charge in [0, 0.05) is 6.54 Å². The number of ether oxygens (including phenoxy) is 9. The molecular formula is C25H48N2O14. The van der Waals surface area contributed by atoms with Gasteiger partial charge in [-0.3, -0.25) is 9.59 Å². The fourth-order valence-corrected chi connectivity index (χ4v) is 3.54. The van der Waals surface area contributed by atoms with Gasteiger partial charge < -0.3 is 53.3 Å². The first-order chi connectivity index (χ1) is 20.2. The van der Waals surface area contributed by atoms with Gasteiger partial charge in [0.2, 0.25) is 11.8 Å². The summed E-state index contributed by atoms with van der Waals surface area (Å²) in [4.78, 5) is 29.2. The van der Waals surface area contributed by atoms with E-state index < -0.39 is 11.9 Å². The Morgan fingerprint density at radius 2 is 0.976 bits per heavy atom. The summed E-state index contributed by atoms with van der Waals surface area (Å²) in [5.74, 6) is -0.558. The quantitative estimate of drug-likeness (QED) is 0.0444. The molecule has 0 aromatic carbocycles. The van der Waals surface area contributed by atoms with E-state index >= 15 is 0 Å². The highest BCUT2D eigenvalue weighted by Gasteiger charge is 2.32. The van der Waals surface area contributed by atoms with Crippen LogP contribution in [0.2, 0.25) is 0 Å². The van der Waals surface area contributed by atoms with Crippen molar-refractivity contribution in [1.82, 2.24) is 4.90 Å². The summed E-state index contributed by atoms with van der Waals surface area (Å²) >= 11 is 0. The maximum absolute atomic E-state index is 12.2. The summed E-state index contributed by atoms with van der Waals surface area (Å²) in [6.07, 6.45) is 1.65. The normalized spacial score (nSPS) is 15.1. The summed E-state index contributed by atoms with van der Waals surface area (Å²) in [6, 6.07) is -0.485. The summed E-state index contributed by atoms with van der Waals surface area (Å²) in [7, 11) is 0. The smallest absolute Gasteiger partial charge is 0.240 e. The molecule has 0 bridgehead atoms. The van der Waals surface area contributed by atoms with Gasteiger partial charge in [-0.1, -0.05) is 5.04 Å². The SMILES string of the molecule is NC(=O)C1CCCN1C(=O)CCOCCOCCOCCOCCOCCOCCOCCOCCOCOOO. The van der Waals surface area contributed by atoms with Gasteiger partial charge in [0.15, 0.2) is 6.79 Å². The van der Waals surface area contributed by atoms with Crippen LogP contribution >= 0.6 is 0 Å². The van der Waals surface area contributed by atoms with E-state index in [1.807, 2.05) is 0 Å². The van der Waals surface area contributed by atoms with Crippen LogP contribution in [0.15, 0.2) is 0 Å². The number of nitrogens with two attached hydrogens (primary N) is 1. The molecule has 0 aromatic rings. The zero-order valence-corrected chi connectivity index (χ0v) is 23.9. The van der Waals surface area contributed by atoms with Gasteiger partial charge in [-0.05, 0) is 12.8 Å². The second kappa shape index (κ2) is 28.6. The second-order valence-electron chi connectivity index (χ2n) is 8.51. The fraction of sp³-hybridized carbons (Fsp3) is 0.920. The molecule has 0 aliphatic carbocycles. The molecule has 1 heterocycles. The van der Waals surface area contributed by atoms with Crippen molar-refractivity contribution >= 4 is 11.8 Å². The highest BCUT2D eigenvalue weighted by molar-refractivity contribution is 5.87. The van der Waals surface area contributed by atoms with Crippen molar-refractivity contribution in [3.05, 3.63) is 0 Å². The van der Waals surface area contributed by atoms with Crippen LogP contribution in [-0.4, -0.2) is 154 Å². The molecule has 242 valence electrons. The number of nitrogens with zero attached hydrogens (tertiary/aromatic N) is 1. The van der Waals surface area contributed by atoms with E-state index in [9.17, 15) is 9.59 Å². The molecule has 2 amide bonds. The lowest BCUT2D eigenvalue weighted by Crippen LogP contribution is -2.43. The first-order valence-corrected chi connectivity index (χ1v) is 13.9. The number of hydrogen-bond acceptors (Lipinski definition) is 14. The Bertz CT molecular complexity index is 619. The molecule has 1 aliphatic rings. The second-order valence-corrected chi connectivity index (χ2v) is 8.51. The third kappa shape index (κ3) is 22.7. The molecule has 0 radical (unpaired) electrons. The van der Waals surface area contributed by atoms with Crippen LogP contribution in [-0.2, 0) is 62.1 Å². The number of rotatable bonds is 31. The van der Waals surface area contributed by atoms with E-state index in [-0.39, 0.29) is 25.7 Å². The van der Waals surface area contributed by atoms with E-state index in [4.69, 9.17) is 53.6 Å². The number of carbonyl (C=O) groups is 2. The average molecular weight is 601 g/mol. The Kier molecular flexibility index (Phi) is 26.1. The van der Waals surface area contributed by atoms with Crippen LogP contribution in [0.5, 0.6) is 0 Å². The van der Waals surface area contributed by atoms with Crippen LogP contribution in [0.3, 0.4) is 0 Å². The van der Waals surface area contributed by atoms with Crippen molar-refractivity contribution in [2.45, 2.75) is 25.3 Å². The summed E-state index contributed by atoms with van der Waals surface area (Å²) in [5, 5.41) is 11.3. The molecule has 16 nitrogen and oxygen atoms in total. The van der Waals surface area contributed by atoms with Crippen molar-refractivity contribution in [1.29, 1.82) is 0 Å². The van der Waals surface area contributed by atoms with Crippen molar-refractivity contribution < 1.29 is 67.4 Å². The first-order valence-electron chi connectivity index (χ1n) is 13.9. The molecule has 16 heteroatoms. The van der Waals surface area contributed by atoms with Crippen LogP contribution < -0.4 is 5.73 Å². The third-order valence-electron chi connectivity index (χ3n) is 5.52. The van der Waals surface area contributed by atoms with Gasteiger partial charge in [0.05, 0.1) is 119 Å². The lowest BCUT2D eigenvalue weighted by molar-refractivity contribution is -0.508. The van der Waals surface area contributed by atoms with E-state index in [1.165, 1.54) is 0 Å². The minimum atomic E-state index is -0.485. The first kappa shape index (κ1) is 37.5. The largest absolute Gasteiger partial charge is 0.379 e. The topological polar surface area (TPSA) is 185 Å². The molecule has 0 aromatic heterocycles. The maximum atomic E-state index is 12.2. The minimum absolute atomic E-state index is 0.108. The molecule has 41 heavy (non-hydrogen) atoms. The number of primary amides is 1. The van der Waals surface area contributed by atoms with Gasteiger partial charge in [0.25, 0.3) is 0 Å². The lowest BCUT2D eigenvalue weighted by Gasteiger charge is -2.22. The van der Waals surface area contributed by atoms with Gasteiger partial charge in [-0.2, -0.15) is 4.89 Å². The van der Waals surface area contributed by atoms with E-state index in [2.05, 4.69) is 9.93 Å². The Hall–Kier alpha value is -1.54. The van der Waals surface area contributed by atoms with E-state index in [0.29, 0.717) is 119 Å². The summed E-state index contributed by atoms with van der Waals surface area (Å²) < 4.78 is 48.1. The molecular weight excluding hydrogens is 552 g/mol.